The summed E-state index contributed by atoms with van der Waals surface area (Å²) in [6, 6.07) is 70.9. The molecule has 3 nitrogen and oxygen atoms in total. The Balaban J connectivity index is 1.27. The number of hydrogen-bond donors (Lipinski definition) is 0. The monoisotopic (exact) mass is 661 g/mol. The Kier molecular flexibility index (Phi) is 6.35. The largest absolute Gasteiger partial charge is 0.311 e. The van der Waals surface area contributed by atoms with Gasteiger partial charge in [0.2, 0.25) is 0 Å². The fourth-order valence-corrected chi connectivity index (χ4v) is 8.95. The molecule has 9 aromatic rings. The average Bonchev–Trinajstić information content (AvgIpc) is 3.56. The molecule has 8 aromatic carbocycles. The van der Waals surface area contributed by atoms with Gasteiger partial charge in [-0.25, -0.2) is 0 Å². The normalized spacial score (nSPS) is 12.9. The van der Waals surface area contributed by atoms with Crippen molar-refractivity contribution < 1.29 is 0 Å². The number of fused-ring (bicyclic) bond motifs is 7. The van der Waals surface area contributed by atoms with Crippen LogP contribution in [0.3, 0.4) is 0 Å². The molecule has 0 N–H and O–H groups in total. The van der Waals surface area contributed by atoms with Crippen molar-refractivity contribution in [2.75, 3.05) is 9.80 Å². The summed E-state index contributed by atoms with van der Waals surface area (Å²) >= 11 is 0. The van der Waals surface area contributed by atoms with Crippen molar-refractivity contribution in [2.24, 2.45) is 0 Å². The number of benzene rings is 8. The Labute approximate surface area is 303 Å². The molecule has 0 unspecified atom stereocenters. The number of para-hydroxylation sites is 6. The van der Waals surface area contributed by atoms with E-state index in [0.29, 0.717) is 0 Å². The summed E-state index contributed by atoms with van der Waals surface area (Å²) in [5, 5.41) is 2.51. The Morgan fingerprint density at radius 3 is 1.52 bits per heavy atom. The molecule has 0 saturated heterocycles. The number of hydrogen-bond acceptors (Lipinski definition) is 2. The van der Waals surface area contributed by atoms with Crippen molar-refractivity contribution in [3.63, 3.8) is 0 Å². The minimum Gasteiger partial charge on any atom is -0.311 e. The van der Waals surface area contributed by atoms with Crippen molar-refractivity contribution in [1.29, 1.82) is 0 Å². The number of rotatable bonds is 4. The fraction of sp³-hybridized carbons (Fsp3) is 0. The summed E-state index contributed by atoms with van der Waals surface area (Å²) in [6.45, 7) is 0.0123. The lowest BCUT2D eigenvalue weighted by Crippen LogP contribution is -2.61. The molecule has 52 heavy (non-hydrogen) atoms. The van der Waals surface area contributed by atoms with Crippen LogP contribution in [0.5, 0.6) is 0 Å². The molecule has 0 radical (unpaired) electrons. The Bertz CT molecular complexity index is 2790. The highest BCUT2D eigenvalue weighted by Gasteiger charge is 2.44. The van der Waals surface area contributed by atoms with Crippen LogP contribution in [0.1, 0.15) is 0 Å². The SMILES string of the molecule is c1ccc(N2c3ccccc3B3c4c(-c5cccc6c7ccccc7n(-c7ccccc7)c56)cccc4N(c4ccccc4)c4cccc2c43)cc1. The summed E-state index contributed by atoms with van der Waals surface area (Å²) in [5.74, 6) is 0. The quantitative estimate of drug-likeness (QED) is 0.174. The van der Waals surface area contributed by atoms with Crippen LogP contribution in [0, 0.1) is 0 Å². The molecule has 0 amide bonds. The first-order valence-corrected chi connectivity index (χ1v) is 18.0. The van der Waals surface area contributed by atoms with Gasteiger partial charge in [-0.15, -0.1) is 0 Å². The lowest BCUT2D eigenvalue weighted by Gasteiger charge is -2.44. The third-order valence-corrected chi connectivity index (χ3v) is 11.0. The van der Waals surface area contributed by atoms with Gasteiger partial charge in [-0.1, -0.05) is 127 Å². The maximum absolute atomic E-state index is 2.48. The number of nitrogens with zero attached hydrogens (tertiary/aromatic N) is 3. The van der Waals surface area contributed by atoms with Gasteiger partial charge in [-0.3, -0.25) is 0 Å². The molecule has 242 valence electrons. The van der Waals surface area contributed by atoms with E-state index in [1.807, 2.05) is 0 Å². The van der Waals surface area contributed by atoms with E-state index in [0.717, 1.165) is 17.1 Å². The van der Waals surface area contributed by atoms with Crippen molar-refractivity contribution >= 4 is 79.0 Å². The molecule has 2 aliphatic heterocycles. The highest BCUT2D eigenvalue weighted by Crippen LogP contribution is 2.46. The minimum absolute atomic E-state index is 0.0123. The molecular formula is C48H32BN3. The first-order valence-electron chi connectivity index (χ1n) is 18.0. The van der Waals surface area contributed by atoms with Gasteiger partial charge in [0.05, 0.1) is 11.0 Å². The van der Waals surface area contributed by atoms with Gasteiger partial charge in [0.15, 0.2) is 0 Å². The van der Waals surface area contributed by atoms with Crippen molar-refractivity contribution in [3.8, 4) is 16.8 Å². The molecule has 0 bridgehead atoms. The Morgan fingerprint density at radius 2 is 0.808 bits per heavy atom. The highest BCUT2D eigenvalue weighted by molar-refractivity contribution is 7.01. The first-order chi connectivity index (χ1) is 25.9. The van der Waals surface area contributed by atoms with E-state index < -0.39 is 0 Å². The van der Waals surface area contributed by atoms with Gasteiger partial charge in [-0.2, -0.15) is 0 Å². The molecule has 0 saturated carbocycles. The van der Waals surface area contributed by atoms with Crippen LogP contribution in [0.25, 0.3) is 38.6 Å². The van der Waals surface area contributed by atoms with E-state index in [9.17, 15) is 0 Å². The second kappa shape index (κ2) is 11.4. The Hall–Kier alpha value is -6.78. The molecule has 1 aromatic heterocycles. The van der Waals surface area contributed by atoms with Crippen molar-refractivity contribution in [2.45, 2.75) is 0 Å². The van der Waals surface area contributed by atoms with Gasteiger partial charge in [0.25, 0.3) is 6.71 Å². The highest BCUT2D eigenvalue weighted by atomic mass is 15.2. The van der Waals surface area contributed by atoms with E-state index in [-0.39, 0.29) is 6.71 Å². The van der Waals surface area contributed by atoms with E-state index >= 15 is 0 Å². The van der Waals surface area contributed by atoms with E-state index in [1.165, 1.54) is 72.1 Å². The topological polar surface area (TPSA) is 11.4 Å². The zero-order valence-electron chi connectivity index (χ0n) is 28.4. The van der Waals surface area contributed by atoms with E-state index in [2.05, 4.69) is 208 Å². The van der Waals surface area contributed by atoms with Crippen LogP contribution in [0.4, 0.5) is 34.1 Å². The van der Waals surface area contributed by atoms with Crippen molar-refractivity contribution in [3.05, 3.63) is 194 Å². The van der Waals surface area contributed by atoms with Gasteiger partial charge in [0, 0.05) is 56.1 Å². The summed E-state index contributed by atoms with van der Waals surface area (Å²) in [6.07, 6.45) is 0. The fourth-order valence-electron chi connectivity index (χ4n) is 8.95. The predicted molar refractivity (Wildman–Crippen MR) is 220 cm³/mol. The maximum atomic E-state index is 2.48. The smallest absolute Gasteiger partial charge is 0.252 e. The molecule has 0 atom stereocenters. The summed E-state index contributed by atoms with van der Waals surface area (Å²) in [4.78, 5) is 4.94. The summed E-state index contributed by atoms with van der Waals surface area (Å²) in [7, 11) is 0. The summed E-state index contributed by atoms with van der Waals surface area (Å²) < 4.78 is 2.46. The first kappa shape index (κ1) is 29.0. The zero-order chi connectivity index (χ0) is 34.2. The lowest BCUT2D eigenvalue weighted by atomic mass is 9.32. The molecule has 2 aliphatic rings. The van der Waals surface area contributed by atoms with Gasteiger partial charge in [-0.05, 0) is 88.7 Å². The van der Waals surface area contributed by atoms with Crippen LogP contribution in [0.15, 0.2) is 194 Å². The molecular weight excluding hydrogens is 629 g/mol. The minimum atomic E-state index is 0.0123. The third-order valence-electron chi connectivity index (χ3n) is 11.0. The lowest BCUT2D eigenvalue weighted by molar-refractivity contribution is 1.18. The van der Waals surface area contributed by atoms with E-state index in [4.69, 9.17) is 0 Å². The standard InChI is InChI=1S/C48H32BN3/c1-4-17-33(18-5-1)50-42-29-13-11-27-40(42)49-46-37(24-15-30-43(46)51(34-19-6-2-7-20-34)45-32-16-31-44(50)47(45)49)39-26-14-25-38-36-23-10-12-28-41(36)52(48(38)39)35-21-8-3-9-22-35/h1-32H. The molecule has 3 heterocycles. The molecule has 0 fully saturated rings. The molecule has 11 rings (SSSR count). The van der Waals surface area contributed by atoms with Crippen LogP contribution in [-0.4, -0.2) is 11.3 Å². The van der Waals surface area contributed by atoms with Gasteiger partial charge >= 0.3 is 0 Å². The molecule has 0 spiro atoms. The van der Waals surface area contributed by atoms with Crippen LogP contribution < -0.4 is 26.2 Å². The third kappa shape index (κ3) is 4.09. The van der Waals surface area contributed by atoms with Crippen LogP contribution in [0.2, 0.25) is 0 Å². The second-order valence-corrected chi connectivity index (χ2v) is 13.7. The van der Waals surface area contributed by atoms with E-state index in [1.54, 1.807) is 0 Å². The predicted octanol–water partition coefficient (Wildman–Crippen LogP) is 10.5. The Morgan fingerprint density at radius 1 is 0.327 bits per heavy atom. The summed E-state index contributed by atoms with van der Waals surface area (Å²) in [5.41, 5.74) is 17.2. The van der Waals surface area contributed by atoms with Crippen LogP contribution >= 0.6 is 0 Å². The van der Waals surface area contributed by atoms with Crippen molar-refractivity contribution in [1.82, 2.24) is 4.57 Å². The second-order valence-electron chi connectivity index (χ2n) is 13.7. The zero-order valence-corrected chi connectivity index (χ0v) is 28.4. The molecule has 0 aliphatic carbocycles. The average molecular weight is 662 g/mol. The molecule has 4 heteroatoms. The maximum Gasteiger partial charge on any atom is 0.252 e. The van der Waals surface area contributed by atoms with Crippen LogP contribution in [-0.2, 0) is 0 Å². The number of anilines is 6. The number of aromatic nitrogens is 1. The van der Waals surface area contributed by atoms with Gasteiger partial charge < -0.3 is 14.4 Å². The van der Waals surface area contributed by atoms with Gasteiger partial charge in [0.1, 0.15) is 0 Å².